The first-order valence-corrected chi connectivity index (χ1v) is 7.94. The monoisotopic (exact) mass is 289 g/mol. The van der Waals surface area contributed by atoms with Gasteiger partial charge in [-0.15, -0.1) is 0 Å². The molecule has 4 heteroatoms. The maximum Gasteiger partial charge on any atom is 0.253 e. The number of benzene rings is 1. The molecule has 3 rings (SSSR count). The Morgan fingerprint density at radius 1 is 1.33 bits per heavy atom. The summed E-state index contributed by atoms with van der Waals surface area (Å²) in [5.41, 5.74) is 1.91. The normalized spacial score (nSPS) is 20.7. The summed E-state index contributed by atoms with van der Waals surface area (Å²) in [6.45, 7) is 4.99. The summed E-state index contributed by atoms with van der Waals surface area (Å²) in [6.07, 6.45) is 4.49. The van der Waals surface area contributed by atoms with Crippen molar-refractivity contribution in [3.8, 4) is 5.75 Å². The van der Waals surface area contributed by atoms with Crippen LogP contribution in [0.2, 0.25) is 0 Å². The summed E-state index contributed by atoms with van der Waals surface area (Å²) in [5.74, 6) is 1.02. The molecule has 2 aliphatic heterocycles. The molecule has 0 spiro atoms. The van der Waals surface area contributed by atoms with Crippen LogP contribution in [0, 0.1) is 0 Å². The van der Waals surface area contributed by atoms with Crippen LogP contribution in [0.1, 0.15) is 42.1 Å². The number of amides is 1. The highest BCUT2D eigenvalue weighted by atomic mass is 16.5. The minimum absolute atomic E-state index is 0.0985. The molecule has 1 atom stereocenters. The highest BCUT2D eigenvalue weighted by Gasteiger charge is 2.22. The molecule has 2 aliphatic rings. The van der Waals surface area contributed by atoms with Gasteiger partial charge in [0, 0.05) is 31.7 Å². The second kappa shape index (κ2) is 6.48. The molecular formula is C17H23NO3. The number of rotatable bonds is 4. The zero-order valence-electron chi connectivity index (χ0n) is 12.6. The fraction of sp³-hybridized carbons (Fsp3) is 0.588. The summed E-state index contributed by atoms with van der Waals surface area (Å²) in [7, 11) is 0. The molecule has 0 unspecified atom stereocenters. The number of carbonyl (C=O) groups excluding carboxylic acids is 1. The number of fused-ring (bicyclic) bond motifs is 1. The molecule has 0 radical (unpaired) electrons. The predicted octanol–water partition coefficient (Wildman–Crippen LogP) is 2.65. The Balaban J connectivity index is 1.69. The van der Waals surface area contributed by atoms with Gasteiger partial charge in [0.1, 0.15) is 5.75 Å². The minimum Gasteiger partial charge on any atom is -0.493 e. The van der Waals surface area contributed by atoms with E-state index in [1.165, 1.54) is 6.42 Å². The van der Waals surface area contributed by atoms with Crippen LogP contribution >= 0.6 is 0 Å². The van der Waals surface area contributed by atoms with Crippen molar-refractivity contribution in [2.75, 3.05) is 26.3 Å². The number of hydrogen-bond donors (Lipinski definition) is 0. The van der Waals surface area contributed by atoms with E-state index in [-0.39, 0.29) is 12.0 Å². The average molecular weight is 289 g/mol. The second-order valence-corrected chi connectivity index (χ2v) is 5.75. The molecular weight excluding hydrogens is 266 g/mol. The SMILES string of the molecule is CCN(C[C@@H]1CCCCO1)C(=O)c1ccc2c(c1)CCO2. The van der Waals surface area contributed by atoms with Gasteiger partial charge in [-0.05, 0) is 49.9 Å². The first-order valence-electron chi connectivity index (χ1n) is 7.94. The summed E-state index contributed by atoms with van der Waals surface area (Å²) >= 11 is 0. The predicted molar refractivity (Wildman–Crippen MR) is 80.8 cm³/mol. The summed E-state index contributed by atoms with van der Waals surface area (Å²) in [6, 6.07) is 5.77. The van der Waals surface area contributed by atoms with Crippen LogP contribution in [0.25, 0.3) is 0 Å². The van der Waals surface area contributed by atoms with Crippen molar-refractivity contribution in [3.63, 3.8) is 0 Å². The van der Waals surface area contributed by atoms with E-state index in [4.69, 9.17) is 9.47 Å². The van der Waals surface area contributed by atoms with Crippen molar-refractivity contribution < 1.29 is 14.3 Å². The third-order valence-electron chi connectivity index (χ3n) is 4.30. The molecule has 114 valence electrons. The smallest absolute Gasteiger partial charge is 0.253 e. The van der Waals surface area contributed by atoms with Gasteiger partial charge in [-0.2, -0.15) is 0 Å². The van der Waals surface area contributed by atoms with E-state index in [2.05, 4.69) is 0 Å². The lowest BCUT2D eigenvalue weighted by Crippen LogP contribution is -2.39. The summed E-state index contributed by atoms with van der Waals surface area (Å²) in [5, 5.41) is 0. The lowest BCUT2D eigenvalue weighted by atomic mass is 10.1. The maximum atomic E-state index is 12.7. The van der Waals surface area contributed by atoms with Gasteiger partial charge in [0.15, 0.2) is 0 Å². The van der Waals surface area contributed by atoms with E-state index >= 15 is 0 Å². The quantitative estimate of drug-likeness (QED) is 0.855. The first kappa shape index (κ1) is 14.4. The minimum atomic E-state index is 0.0985. The molecule has 0 bridgehead atoms. The molecule has 4 nitrogen and oxygen atoms in total. The molecule has 0 saturated carbocycles. The van der Waals surface area contributed by atoms with Crippen LogP contribution in [0.5, 0.6) is 5.75 Å². The van der Waals surface area contributed by atoms with Crippen molar-refractivity contribution >= 4 is 5.91 Å². The van der Waals surface area contributed by atoms with Crippen LogP contribution in [-0.4, -0.2) is 43.2 Å². The number of hydrogen-bond acceptors (Lipinski definition) is 3. The fourth-order valence-corrected chi connectivity index (χ4v) is 3.05. The standard InChI is InChI=1S/C17H23NO3/c1-2-18(12-15-5-3-4-9-20-15)17(19)14-6-7-16-13(11-14)8-10-21-16/h6-7,11,15H,2-5,8-10,12H2,1H3/t15-/m0/s1. The van der Waals surface area contributed by atoms with Gasteiger partial charge in [-0.3, -0.25) is 4.79 Å². The fourth-order valence-electron chi connectivity index (χ4n) is 3.05. The lowest BCUT2D eigenvalue weighted by Gasteiger charge is -2.29. The highest BCUT2D eigenvalue weighted by molar-refractivity contribution is 5.94. The largest absolute Gasteiger partial charge is 0.493 e. The highest BCUT2D eigenvalue weighted by Crippen LogP contribution is 2.26. The zero-order chi connectivity index (χ0) is 14.7. The van der Waals surface area contributed by atoms with Gasteiger partial charge in [0.05, 0.1) is 12.7 Å². The van der Waals surface area contributed by atoms with Gasteiger partial charge in [0.25, 0.3) is 5.91 Å². The van der Waals surface area contributed by atoms with Gasteiger partial charge >= 0.3 is 0 Å². The first-order chi connectivity index (χ1) is 10.3. The van der Waals surface area contributed by atoms with Crippen molar-refractivity contribution in [2.24, 2.45) is 0 Å². The number of ether oxygens (including phenoxy) is 2. The molecule has 21 heavy (non-hydrogen) atoms. The van der Waals surface area contributed by atoms with Crippen molar-refractivity contribution in [1.82, 2.24) is 4.90 Å². The van der Waals surface area contributed by atoms with Crippen LogP contribution < -0.4 is 4.74 Å². The molecule has 0 aliphatic carbocycles. The van der Waals surface area contributed by atoms with Crippen LogP contribution in [-0.2, 0) is 11.2 Å². The summed E-state index contributed by atoms with van der Waals surface area (Å²) < 4.78 is 11.3. The molecule has 1 saturated heterocycles. The second-order valence-electron chi connectivity index (χ2n) is 5.75. The maximum absolute atomic E-state index is 12.7. The molecule has 1 aromatic carbocycles. The van der Waals surface area contributed by atoms with Gasteiger partial charge in [0.2, 0.25) is 0 Å². The zero-order valence-corrected chi connectivity index (χ0v) is 12.6. The van der Waals surface area contributed by atoms with E-state index < -0.39 is 0 Å². The Labute approximate surface area is 126 Å². The van der Waals surface area contributed by atoms with Crippen LogP contribution in [0.4, 0.5) is 0 Å². The molecule has 0 aromatic heterocycles. The molecule has 1 aromatic rings. The molecule has 1 amide bonds. The third-order valence-corrected chi connectivity index (χ3v) is 4.30. The van der Waals surface area contributed by atoms with E-state index in [0.29, 0.717) is 13.1 Å². The average Bonchev–Trinajstić information content (AvgIpc) is 3.00. The molecule has 2 heterocycles. The van der Waals surface area contributed by atoms with Crippen LogP contribution in [0.15, 0.2) is 18.2 Å². The summed E-state index contributed by atoms with van der Waals surface area (Å²) in [4.78, 5) is 14.6. The van der Waals surface area contributed by atoms with Crippen LogP contribution in [0.3, 0.4) is 0 Å². The topological polar surface area (TPSA) is 38.8 Å². The van der Waals surface area contributed by atoms with Gasteiger partial charge in [-0.25, -0.2) is 0 Å². The van der Waals surface area contributed by atoms with E-state index in [1.807, 2.05) is 30.0 Å². The van der Waals surface area contributed by atoms with Gasteiger partial charge < -0.3 is 14.4 Å². The molecule has 0 N–H and O–H groups in total. The van der Waals surface area contributed by atoms with E-state index in [0.717, 1.165) is 49.4 Å². The Morgan fingerprint density at radius 3 is 3.00 bits per heavy atom. The van der Waals surface area contributed by atoms with Crippen molar-refractivity contribution in [2.45, 2.75) is 38.7 Å². The van der Waals surface area contributed by atoms with E-state index in [9.17, 15) is 4.79 Å². The Bertz CT molecular complexity index is 509. The number of nitrogens with zero attached hydrogens (tertiary/aromatic N) is 1. The Kier molecular flexibility index (Phi) is 4.44. The Morgan fingerprint density at radius 2 is 2.24 bits per heavy atom. The van der Waals surface area contributed by atoms with Crippen molar-refractivity contribution in [1.29, 1.82) is 0 Å². The molecule has 1 fully saturated rings. The van der Waals surface area contributed by atoms with E-state index in [1.54, 1.807) is 0 Å². The number of likely N-dealkylation sites (N-methyl/N-ethyl adjacent to an activating group) is 1. The third kappa shape index (κ3) is 3.21. The van der Waals surface area contributed by atoms with Gasteiger partial charge in [-0.1, -0.05) is 0 Å². The van der Waals surface area contributed by atoms with Crippen molar-refractivity contribution in [3.05, 3.63) is 29.3 Å². The number of carbonyl (C=O) groups is 1. The lowest BCUT2D eigenvalue weighted by molar-refractivity contribution is -0.00311. The Hall–Kier alpha value is -1.55.